The van der Waals surface area contributed by atoms with Crippen LogP contribution in [-0.4, -0.2) is 66.5 Å². The van der Waals surface area contributed by atoms with Gasteiger partial charge in [0.25, 0.3) is 0 Å². The highest BCUT2D eigenvalue weighted by Crippen LogP contribution is 2.32. The maximum atomic E-state index is 12.6. The molecule has 1 saturated heterocycles. The Hall–Kier alpha value is -4.32. The number of hydrogen-bond donors (Lipinski definition) is 4. The molecule has 4 aromatic rings. The molecule has 38 heavy (non-hydrogen) atoms. The summed E-state index contributed by atoms with van der Waals surface area (Å²) in [4.78, 5) is 32.4. The first-order chi connectivity index (χ1) is 18.3. The summed E-state index contributed by atoms with van der Waals surface area (Å²) < 4.78 is 13.2. The lowest BCUT2D eigenvalue weighted by molar-refractivity contribution is -0.0474. The van der Waals surface area contributed by atoms with E-state index in [0.717, 1.165) is 5.56 Å². The van der Waals surface area contributed by atoms with Crippen molar-refractivity contribution in [2.45, 2.75) is 37.4 Å². The van der Waals surface area contributed by atoms with E-state index in [1.54, 1.807) is 30.3 Å². The number of nitrogens with two attached hydrogens (primary N) is 1. The lowest BCUT2D eigenvalue weighted by Crippen LogP contribution is -2.34. The molecular formula is C27H26N4O7. The van der Waals surface area contributed by atoms with Gasteiger partial charge in [0.15, 0.2) is 17.7 Å². The van der Waals surface area contributed by atoms with E-state index in [4.69, 9.17) is 15.2 Å². The fourth-order valence-electron chi connectivity index (χ4n) is 4.47. The van der Waals surface area contributed by atoms with Crippen LogP contribution in [0, 0.1) is 0 Å². The number of imidazole rings is 1. The van der Waals surface area contributed by atoms with Gasteiger partial charge in [-0.15, -0.1) is 0 Å². The summed E-state index contributed by atoms with van der Waals surface area (Å²) >= 11 is 0. The summed E-state index contributed by atoms with van der Waals surface area (Å²) in [6.07, 6.45) is -0.556. The molecule has 1 fully saturated rings. The molecule has 2 aromatic carbocycles. The Morgan fingerprint density at radius 2 is 1.74 bits per heavy atom. The van der Waals surface area contributed by atoms with Crippen LogP contribution in [0.25, 0.3) is 11.2 Å². The van der Waals surface area contributed by atoms with Crippen molar-refractivity contribution in [3.8, 4) is 5.75 Å². The lowest BCUT2D eigenvalue weighted by Gasteiger charge is -2.16. The van der Waals surface area contributed by atoms with E-state index in [1.807, 2.05) is 12.1 Å². The van der Waals surface area contributed by atoms with Gasteiger partial charge in [-0.05, 0) is 36.2 Å². The Bertz CT molecular complexity index is 1470. The van der Waals surface area contributed by atoms with Gasteiger partial charge in [0, 0.05) is 18.2 Å². The van der Waals surface area contributed by atoms with Crippen molar-refractivity contribution in [2.24, 2.45) is 0 Å². The number of nitrogens with zero attached hydrogens (tertiary/aromatic N) is 3. The summed E-state index contributed by atoms with van der Waals surface area (Å²) in [7, 11) is 0. The number of ether oxygens (including phenoxy) is 2. The quantitative estimate of drug-likeness (QED) is 0.241. The number of nitrogen functional groups attached to an aromatic ring is 1. The zero-order valence-electron chi connectivity index (χ0n) is 20.2. The number of rotatable bonds is 9. The van der Waals surface area contributed by atoms with Gasteiger partial charge >= 0.3 is 5.97 Å². The maximum Gasteiger partial charge on any atom is 0.336 e. The van der Waals surface area contributed by atoms with E-state index in [9.17, 15) is 24.9 Å². The molecule has 4 atom stereocenters. The highest BCUT2D eigenvalue weighted by Gasteiger charge is 2.44. The maximum absolute atomic E-state index is 12.6. The minimum Gasteiger partial charge on any atom is -0.491 e. The number of hydrogen-bond acceptors (Lipinski definition) is 9. The fraction of sp³-hybridized carbons (Fsp3) is 0.259. The van der Waals surface area contributed by atoms with E-state index in [2.05, 4.69) is 9.97 Å². The summed E-state index contributed by atoms with van der Waals surface area (Å²) in [6, 6.07) is 14.9. The average Bonchev–Trinajstić information content (AvgIpc) is 3.48. The molecule has 0 aliphatic carbocycles. The Labute approximate surface area is 217 Å². The van der Waals surface area contributed by atoms with Gasteiger partial charge in [0.2, 0.25) is 0 Å². The first-order valence-corrected chi connectivity index (χ1v) is 12.0. The van der Waals surface area contributed by atoms with Crippen LogP contribution in [0.4, 0.5) is 5.69 Å². The number of aromatic carboxylic acids is 1. The second-order valence-corrected chi connectivity index (χ2v) is 9.00. The molecule has 0 bridgehead atoms. The number of aryl methyl sites for hydroxylation is 1. The molecule has 196 valence electrons. The smallest absolute Gasteiger partial charge is 0.336 e. The predicted octanol–water partition coefficient (Wildman–Crippen LogP) is 2.23. The molecule has 0 unspecified atom stereocenters. The number of aromatic nitrogens is 3. The second kappa shape index (κ2) is 10.6. The number of aliphatic hydroxyl groups is 2. The van der Waals surface area contributed by atoms with Crippen molar-refractivity contribution >= 4 is 28.6 Å². The van der Waals surface area contributed by atoms with Crippen molar-refractivity contribution in [3.63, 3.8) is 0 Å². The van der Waals surface area contributed by atoms with Crippen molar-refractivity contribution < 1.29 is 34.4 Å². The minimum absolute atomic E-state index is 0.00783. The van der Waals surface area contributed by atoms with Gasteiger partial charge in [-0.1, -0.05) is 30.3 Å². The third kappa shape index (κ3) is 4.94. The van der Waals surface area contributed by atoms with Crippen LogP contribution in [0.15, 0.2) is 67.1 Å². The molecule has 11 nitrogen and oxygen atoms in total. The second-order valence-electron chi connectivity index (χ2n) is 9.00. The van der Waals surface area contributed by atoms with E-state index in [-0.39, 0.29) is 29.9 Å². The number of pyridine rings is 1. The normalized spacial score (nSPS) is 21.0. The van der Waals surface area contributed by atoms with E-state index in [0.29, 0.717) is 29.0 Å². The van der Waals surface area contributed by atoms with Gasteiger partial charge in [0.05, 0.1) is 17.6 Å². The number of Topliss-reactive ketones (excluding diaryl/α,β-unsaturated/α-hetero) is 1. The van der Waals surface area contributed by atoms with Crippen LogP contribution in [0.1, 0.15) is 38.9 Å². The Balaban J connectivity index is 1.17. The zero-order valence-corrected chi connectivity index (χ0v) is 20.2. The minimum atomic E-state index is -1.23. The number of carbonyl (C=O) groups is 2. The molecule has 5 rings (SSSR count). The fourth-order valence-corrected chi connectivity index (χ4v) is 4.47. The number of fused-ring (bicyclic) bond motifs is 1. The summed E-state index contributed by atoms with van der Waals surface area (Å²) in [5.74, 6) is -0.856. The molecule has 0 saturated carbocycles. The predicted molar refractivity (Wildman–Crippen MR) is 136 cm³/mol. The topological polar surface area (TPSA) is 170 Å². The number of ketones is 1. The summed E-state index contributed by atoms with van der Waals surface area (Å²) in [5.41, 5.74) is 8.35. The molecule has 3 heterocycles. The number of carbonyl (C=O) groups excluding carboxylic acids is 1. The van der Waals surface area contributed by atoms with Gasteiger partial charge in [-0.2, -0.15) is 0 Å². The zero-order chi connectivity index (χ0) is 26.8. The SMILES string of the molecule is Nc1ccnc2c1ncn2[C@@H]1O[C@H](COc2ccc(CCC(=O)c3ccccc3C(=O)O)cc2)[C@@H](O)[C@H]1O. The van der Waals surface area contributed by atoms with E-state index in [1.165, 1.54) is 29.2 Å². The standard InChI is InChI=1S/C27H26N4O7/c28-19-11-12-29-25-22(19)30-14-31(25)26-24(34)23(33)21(38-26)13-37-16-8-5-15(6-9-16)7-10-20(32)17-3-1-2-4-18(17)27(35)36/h1-6,8-9,11-12,14,21,23-24,26,33-34H,7,10,13H2,(H2,28,29)(H,35,36)/t21-,23-,24-,26-/m1/s1. The highest BCUT2D eigenvalue weighted by atomic mass is 16.6. The molecule has 1 aliphatic rings. The van der Waals surface area contributed by atoms with Gasteiger partial charge in [-0.3, -0.25) is 9.36 Å². The van der Waals surface area contributed by atoms with Crippen molar-refractivity contribution in [3.05, 3.63) is 83.8 Å². The first kappa shape index (κ1) is 25.3. The Morgan fingerprint density at radius 3 is 2.47 bits per heavy atom. The summed E-state index contributed by atoms with van der Waals surface area (Å²) in [6.45, 7) is -0.0132. The average molecular weight is 519 g/mol. The third-order valence-corrected chi connectivity index (χ3v) is 6.54. The Morgan fingerprint density at radius 1 is 1.00 bits per heavy atom. The van der Waals surface area contributed by atoms with E-state index >= 15 is 0 Å². The number of aliphatic hydroxyl groups excluding tert-OH is 2. The molecule has 2 aromatic heterocycles. The molecule has 0 amide bonds. The van der Waals surface area contributed by atoms with Crippen LogP contribution in [-0.2, 0) is 11.2 Å². The molecule has 0 radical (unpaired) electrons. The van der Waals surface area contributed by atoms with Gasteiger partial charge in [0.1, 0.15) is 36.2 Å². The van der Waals surface area contributed by atoms with Crippen LogP contribution < -0.4 is 10.5 Å². The third-order valence-electron chi connectivity index (χ3n) is 6.54. The Kier molecular flexibility index (Phi) is 7.05. The number of benzene rings is 2. The molecule has 11 heteroatoms. The summed E-state index contributed by atoms with van der Waals surface area (Å²) in [5, 5.41) is 30.4. The number of carboxylic acids is 1. The number of carboxylic acid groups (broad SMARTS) is 1. The lowest BCUT2D eigenvalue weighted by atomic mass is 9.98. The molecular weight excluding hydrogens is 492 g/mol. The molecule has 1 aliphatic heterocycles. The number of anilines is 1. The van der Waals surface area contributed by atoms with E-state index < -0.39 is 30.5 Å². The van der Waals surface area contributed by atoms with Crippen molar-refractivity contribution in [1.29, 1.82) is 0 Å². The van der Waals surface area contributed by atoms with Crippen molar-refractivity contribution in [1.82, 2.24) is 14.5 Å². The first-order valence-electron chi connectivity index (χ1n) is 12.0. The van der Waals surface area contributed by atoms with Crippen LogP contribution >= 0.6 is 0 Å². The van der Waals surface area contributed by atoms with Crippen LogP contribution in [0.5, 0.6) is 5.75 Å². The van der Waals surface area contributed by atoms with Gasteiger partial charge < -0.3 is 30.5 Å². The molecule has 5 N–H and O–H groups in total. The van der Waals surface area contributed by atoms with Crippen LogP contribution in [0.2, 0.25) is 0 Å². The highest BCUT2D eigenvalue weighted by molar-refractivity contribution is 6.05. The van der Waals surface area contributed by atoms with Gasteiger partial charge in [-0.25, -0.2) is 14.8 Å². The van der Waals surface area contributed by atoms with Crippen LogP contribution in [0.3, 0.4) is 0 Å². The van der Waals surface area contributed by atoms with Crippen molar-refractivity contribution in [2.75, 3.05) is 12.3 Å². The molecule has 0 spiro atoms. The largest absolute Gasteiger partial charge is 0.491 e. The monoisotopic (exact) mass is 518 g/mol.